The molecule has 0 saturated heterocycles. The van der Waals surface area contributed by atoms with Crippen molar-refractivity contribution in [3.63, 3.8) is 0 Å². The number of carbonyl (C=O) groups is 5. The molecule has 0 aliphatic rings. The Kier molecular flexibility index (Phi) is 75.6. The van der Waals surface area contributed by atoms with Crippen LogP contribution >= 0.6 is 15.6 Å². The van der Waals surface area contributed by atoms with Crippen LogP contribution in [0.15, 0.2) is 0 Å². The van der Waals surface area contributed by atoms with Gasteiger partial charge in [-0.3, -0.25) is 37.3 Å². The summed E-state index contributed by atoms with van der Waals surface area (Å²) in [5.74, 6) is -0.942. The monoisotopic (exact) mass is 1550 g/mol. The van der Waals surface area contributed by atoms with Crippen molar-refractivity contribution in [2.24, 2.45) is 0 Å². The summed E-state index contributed by atoms with van der Waals surface area (Å²) >= 11 is 0. The van der Waals surface area contributed by atoms with Gasteiger partial charge in [-0.2, -0.15) is 0 Å². The summed E-state index contributed by atoms with van der Waals surface area (Å²) in [6, 6.07) is -2.37. The summed E-state index contributed by atoms with van der Waals surface area (Å²) in [6.07, 6.45) is 55.7. The second-order valence-electron chi connectivity index (χ2n) is 29.5. The third-order valence-electron chi connectivity index (χ3n) is 19.1. The minimum absolute atomic E-state index is 0.0337. The van der Waals surface area contributed by atoms with Crippen LogP contribution in [0.5, 0.6) is 0 Å². The molecule has 0 aromatic carbocycles. The number of phosphoric acid groups is 2. The number of carbonyl (C=O) groups excluding carboxylic acids is 5. The van der Waals surface area contributed by atoms with Gasteiger partial charge in [0.25, 0.3) is 0 Å². The van der Waals surface area contributed by atoms with E-state index in [0.29, 0.717) is 58.2 Å². The van der Waals surface area contributed by atoms with Crippen molar-refractivity contribution in [2.75, 3.05) is 79.2 Å². The molecule has 0 aliphatic carbocycles. The van der Waals surface area contributed by atoms with Crippen LogP contribution in [0.25, 0.3) is 0 Å². The summed E-state index contributed by atoms with van der Waals surface area (Å²) in [4.78, 5) is 86.7. The van der Waals surface area contributed by atoms with Crippen LogP contribution in [-0.4, -0.2) is 143 Å². The summed E-state index contributed by atoms with van der Waals surface area (Å²) in [6.45, 7) is 12.5. The van der Waals surface area contributed by atoms with Crippen LogP contribution in [0, 0.1) is 0 Å². The van der Waals surface area contributed by atoms with Crippen molar-refractivity contribution in [3.8, 4) is 0 Å². The van der Waals surface area contributed by atoms with Crippen molar-refractivity contribution in [1.29, 1.82) is 0 Å². The van der Waals surface area contributed by atoms with Crippen molar-refractivity contribution in [2.45, 2.75) is 419 Å². The third-order valence-corrected chi connectivity index (χ3v) is 21.1. The van der Waals surface area contributed by atoms with Crippen LogP contribution in [0.4, 0.5) is 4.79 Å². The molecule has 0 aromatic rings. The van der Waals surface area contributed by atoms with Crippen molar-refractivity contribution < 1.29 is 84.7 Å². The zero-order chi connectivity index (χ0) is 77.8. The van der Waals surface area contributed by atoms with Gasteiger partial charge < -0.3 is 54.7 Å². The van der Waals surface area contributed by atoms with E-state index in [-0.39, 0.29) is 88.3 Å². The summed E-state index contributed by atoms with van der Waals surface area (Å²) in [5, 5.41) is 10.8. The first-order chi connectivity index (χ1) is 51.5. The molecule has 628 valence electrons. The maximum absolute atomic E-state index is 13.3. The van der Waals surface area contributed by atoms with E-state index in [0.717, 1.165) is 141 Å². The van der Waals surface area contributed by atoms with Crippen LogP contribution in [0.3, 0.4) is 0 Å². The first kappa shape index (κ1) is 103. The van der Waals surface area contributed by atoms with E-state index in [1.165, 1.54) is 154 Å². The number of hydrogen-bond acceptors (Lipinski definition) is 16. The molecule has 24 heteroatoms. The van der Waals surface area contributed by atoms with Crippen molar-refractivity contribution >= 4 is 45.4 Å². The number of rotatable bonds is 84. The topological polar surface area (TPSA) is 291 Å². The molecule has 106 heavy (non-hydrogen) atoms. The highest BCUT2D eigenvalue weighted by Gasteiger charge is 2.27. The Morgan fingerprint density at radius 1 is 0.292 bits per heavy atom. The number of ether oxygens (including phenoxy) is 5. The largest absolute Gasteiger partial charge is 0.472 e. The molecule has 4 amide bonds. The SMILES string of the molecule is CCCCCCCCCCCCCC(=O)N[C@H](COCC[C@@H](CCCCCCC)OC(=O)CCCCCCCCCCC)COP(=O)(O)OCCNC(=O)NCCOP(=O)(O)OC[C@H](COCC[C@@H](CCCCCCC)OC(=O)CCCCCCCCCCC)NC(=O)CCCOCCCCCCCCC. The fourth-order valence-electron chi connectivity index (χ4n) is 12.6. The van der Waals surface area contributed by atoms with Crippen LogP contribution < -0.4 is 21.3 Å². The highest BCUT2D eigenvalue weighted by atomic mass is 31.2. The number of amides is 4. The van der Waals surface area contributed by atoms with Crippen LogP contribution in [0.2, 0.25) is 0 Å². The van der Waals surface area contributed by atoms with Gasteiger partial charge in [-0.25, -0.2) is 13.9 Å². The van der Waals surface area contributed by atoms with Crippen molar-refractivity contribution in [3.05, 3.63) is 0 Å². The van der Waals surface area contributed by atoms with E-state index in [1.54, 1.807) is 0 Å². The lowest BCUT2D eigenvalue weighted by Crippen LogP contribution is -2.41. The number of unbranched alkanes of at least 4 members (excludes halogenated alkanes) is 40. The number of nitrogens with one attached hydrogen (secondary N) is 4. The van der Waals surface area contributed by atoms with E-state index >= 15 is 0 Å². The zero-order valence-corrected chi connectivity index (χ0v) is 70.3. The molecular formula is C82H162N4O18P2. The van der Waals surface area contributed by atoms with Gasteiger partial charge in [-0.1, -0.05) is 298 Å². The average Bonchev–Trinajstić information content (AvgIpc) is 0.919. The molecule has 0 radical (unpaired) electrons. The van der Waals surface area contributed by atoms with Gasteiger partial charge in [0.2, 0.25) is 11.8 Å². The van der Waals surface area contributed by atoms with Crippen LogP contribution in [-0.2, 0) is 70.1 Å². The Hall–Kier alpha value is -2.75. The van der Waals surface area contributed by atoms with Gasteiger partial charge in [0.05, 0.1) is 64.9 Å². The highest BCUT2D eigenvalue weighted by molar-refractivity contribution is 7.47. The number of hydrogen-bond donors (Lipinski definition) is 6. The first-order valence-electron chi connectivity index (χ1n) is 43.5. The molecular weight excluding hydrogens is 1390 g/mol. The second kappa shape index (κ2) is 77.6. The Morgan fingerprint density at radius 2 is 0.575 bits per heavy atom. The minimum Gasteiger partial charge on any atom is -0.462 e. The zero-order valence-electron chi connectivity index (χ0n) is 68.5. The first-order valence-corrected chi connectivity index (χ1v) is 46.5. The quantitative estimate of drug-likeness (QED) is 0.0187. The number of esters is 2. The Bertz CT molecular complexity index is 1970. The lowest BCUT2D eigenvalue weighted by molar-refractivity contribution is -0.151. The summed E-state index contributed by atoms with van der Waals surface area (Å²) in [5.41, 5.74) is 0. The highest BCUT2D eigenvalue weighted by Crippen LogP contribution is 2.44. The van der Waals surface area contributed by atoms with E-state index in [2.05, 4.69) is 62.8 Å². The summed E-state index contributed by atoms with van der Waals surface area (Å²) in [7, 11) is -9.43. The molecule has 0 aliphatic heterocycles. The van der Waals surface area contributed by atoms with E-state index in [4.69, 9.17) is 41.8 Å². The van der Waals surface area contributed by atoms with Gasteiger partial charge in [-0.05, 0) is 57.8 Å². The molecule has 0 rings (SSSR count). The Morgan fingerprint density at radius 3 is 0.915 bits per heavy atom. The number of urea groups is 1. The molecule has 0 spiro atoms. The normalized spacial score (nSPS) is 13.9. The predicted molar refractivity (Wildman–Crippen MR) is 429 cm³/mol. The number of phosphoric ester groups is 2. The molecule has 0 heterocycles. The fourth-order valence-corrected chi connectivity index (χ4v) is 14.1. The van der Waals surface area contributed by atoms with Crippen molar-refractivity contribution in [1.82, 2.24) is 21.3 Å². The third kappa shape index (κ3) is 74.0. The maximum Gasteiger partial charge on any atom is 0.472 e. The maximum atomic E-state index is 13.3. The Balaban J connectivity index is 5.56. The fraction of sp³-hybridized carbons (Fsp3) is 0.939. The Labute approximate surface area is 646 Å². The standard InChI is InChI=1S/C82H162N4O18P2/c1-7-13-19-25-29-32-33-36-37-43-49-56-78(87)85-74(70-97-66-60-76(54-47-41-23-17-11-5)103-80(89)58-50-44-38-34-30-26-20-14-8-2)72-101-105(92,93)99-68-62-83-82(91)84-63-69-100-106(94,95)102-73-75(86-79(88)57-53-65-96-64-52-46-40-28-22-16-10-4)71-98-67-61-77(55-48-42-24-18-12-6)104-81(90)59-51-45-39-35-31-27-21-15-9-3/h74-77H,7-73H2,1-6H3,(H,85,87)(H,86,88)(H,92,93)(H,94,95)(H2,83,84,91)/t74-,75+,76-,77-/m1/s1. The predicted octanol–water partition coefficient (Wildman–Crippen LogP) is 21.0. The van der Waals surface area contributed by atoms with Gasteiger partial charge in [-0.15, -0.1) is 0 Å². The molecule has 2 unspecified atom stereocenters. The summed E-state index contributed by atoms with van der Waals surface area (Å²) < 4.78 is 77.4. The molecule has 0 bridgehead atoms. The van der Waals surface area contributed by atoms with Gasteiger partial charge in [0.15, 0.2) is 0 Å². The smallest absolute Gasteiger partial charge is 0.462 e. The molecule has 22 nitrogen and oxygen atoms in total. The lowest BCUT2D eigenvalue weighted by atomic mass is 10.1. The molecule has 6 N–H and O–H groups in total. The average molecular weight is 1550 g/mol. The van der Waals surface area contributed by atoms with Gasteiger partial charge in [0.1, 0.15) is 12.2 Å². The second-order valence-corrected chi connectivity index (χ2v) is 32.4. The lowest BCUT2D eigenvalue weighted by Gasteiger charge is -2.22. The van der Waals surface area contributed by atoms with Gasteiger partial charge in [0, 0.05) is 64.8 Å². The molecule has 0 saturated carbocycles. The molecule has 0 aromatic heterocycles. The van der Waals surface area contributed by atoms with E-state index in [1.807, 2.05) is 0 Å². The van der Waals surface area contributed by atoms with Crippen LogP contribution in [0.1, 0.15) is 395 Å². The molecule has 6 atom stereocenters. The van der Waals surface area contributed by atoms with E-state index < -0.39 is 60.2 Å². The minimum atomic E-state index is -4.72. The van der Waals surface area contributed by atoms with Gasteiger partial charge >= 0.3 is 33.6 Å². The molecule has 0 fully saturated rings. The van der Waals surface area contributed by atoms with E-state index in [9.17, 15) is 42.9 Å².